The summed E-state index contributed by atoms with van der Waals surface area (Å²) < 4.78 is 12.1. The minimum Gasteiger partial charge on any atom is -0.490 e. The van der Waals surface area contributed by atoms with Gasteiger partial charge in [-0.1, -0.05) is 73.1 Å². The third-order valence-corrected chi connectivity index (χ3v) is 7.30. The zero-order chi connectivity index (χ0) is 26.5. The summed E-state index contributed by atoms with van der Waals surface area (Å²) in [5.41, 5.74) is 3.83. The van der Waals surface area contributed by atoms with Gasteiger partial charge in [0, 0.05) is 0 Å². The standard InChI is InChI=1S/C31H27ClN2O3S/c1-3-20-12-14-24(15-13-20)33-31-34-30(35)28(38-31)18-21-16-26(32)29(27(17-21)36-4-2)37-19-23-10-7-9-22-8-5-6-11-25(22)23/h5-18H,3-4,19H2,1-2H3,(H,33,34,35)/b28-18-. The van der Waals surface area contributed by atoms with Gasteiger partial charge in [-0.3, -0.25) is 4.79 Å². The molecule has 4 aromatic carbocycles. The zero-order valence-electron chi connectivity index (χ0n) is 21.2. The molecule has 1 heterocycles. The molecular weight excluding hydrogens is 516 g/mol. The summed E-state index contributed by atoms with van der Waals surface area (Å²) in [6.07, 6.45) is 2.75. The summed E-state index contributed by atoms with van der Waals surface area (Å²) >= 11 is 7.96. The Morgan fingerprint density at radius 2 is 1.76 bits per heavy atom. The van der Waals surface area contributed by atoms with Gasteiger partial charge in [-0.15, -0.1) is 0 Å². The highest BCUT2D eigenvalue weighted by molar-refractivity contribution is 8.18. The highest BCUT2D eigenvalue weighted by atomic mass is 35.5. The van der Waals surface area contributed by atoms with Crippen LogP contribution in [0.5, 0.6) is 11.5 Å². The summed E-state index contributed by atoms with van der Waals surface area (Å²) in [5.74, 6) is 0.801. The van der Waals surface area contributed by atoms with Crippen molar-refractivity contribution in [1.82, 2.24) is 5.32 Å². The van der Waals surface area contributed by atoms with E-state index in [4.69, 9.17) is 21.1 Å². The number of thioether (sulfide) groups is 1. The van der Waals surface area contributed by atoms with Crippen molar-refractivity contribution in [2.75, 3.05) is 6.61 Å². The van der Waals surface area contributed by atoms with E-state index >= 15 is 0 Å². The predicted octanol–water partition coefficient (Wildman–Crippen LogP) is 7.92. The van der Waals surface area contributed by atoms with E-state index < -0.39 is 0 Å². The average Bonchev–Trinajstić information content (AvgIpc) is 3.26. The topological polar surface area (TPSA) is 59.9 Å². The van der Waals surface area contributed by atoms with Crippen molar-refractivity contribution in [2.45, 2.75) is 26.9 Å². The number of amides is 1. The molecule has 5 rings (SSSR count). The maximum Gasteiger partial charge on any atom is 0.264 e. The first-order valence-corrected chi connectivity index (χ1v) is 13.7. The number of rotatable bonds is 8. The minimum atomic E-state index is -0.204. The monoisotopic (exact) mass is 542 g/mol. The lowest BCUT2D eigenvalue weighted by molar-refractivity contribution is -0.115. The van der Waals surface area contributed by atoms with Crippen molar-refractivity contribution in [2.24, 2.45) is 4.99 Å². The molecular formula is C31H27ClN2O3S. The molecule has 5 nitrogen and oxygen atoms in total. The molecule has 38 heavy (non-hydrogen) atoms. The molecule has 192 valence electrons. The summed E-state index contributed by atoms with van der Waals surface area (Å²) in [5, 5.41) is 6.07. The van der Waals surface area contributed by atoms with E-state index in [0.29, 0.717) is 39.8 Å². The van der Waals surface area contributed by atoms with Crippen LogP contribution >= 0.6 is 23.4 Å². The molecule has 0 aliphatic carbocycles. The third-order valence-electron chi connectivity index (χ3n) is 6.11. The van der Waals surface area contributed by atoms with Crippen LogP contribution in [0.4, 0.5) is 5.69 Å². The molecule has 0 saturated carbocycles. The lowest BCUT2D eigenvalue weighted by Crippen LogP contribution is -2.19. The van der Waals surface area contributed by atoms with Gasteiger partial charge in [0.15, 0.2) is 16.7 Å². The van der Waals surface area contributed by atoms with Crippen molar-refractivity contribution >= 4 is 57.0 Å². The van der Waals surface area contributed by atoms with E-state index in [-0.39, 0.29) is 5.91 Å². The molecule has 1 saturated heterocycles. The first kappa shape index (κ1) is 25.9. The number of benzene rings is 4. The normalized spacial score (nSPS) is 15.3. The van der Waals surface area contributed by atoms with E-state index in [1.54, 1.807) is 12.1 Å². The second-order valence-corrected chi connectivity index (χ2v) is 10.1. The van der Waals surface area contributed by atoms with Crippen LogP contribution in [-0.2, 0) is 17.8 Å². The second kappa shape index (κ2) is 11.8. The number of nitrogens with zero attached hydrogens (tertiary/aromatic N) is 1. The molecule has 0 bridgehead atoms. The first-order valence-electron chi connectivity index (χ1n) is 12.5. The largest absolute Gasteiger partial charge is 0.490 e. The maximum absolute atomic E-state index is 12.6. The number of fused-ring (bicyclic) bond motifs is 1. The molecule has 1 N–H and O–H groups in total. The van der Waals surface area contributed by atoms with Gasteiger partial charge in [-0.2, -0.15) is 0 Å². The van der Waals surface area contributed by atoms with Gasteiger partial charge in [0.25, 0.3) is 5.91 Å². The van der Waals surface area contributed by atoms with Crippen molar-refractivity contribution in [3.8, 4) is 11.5 Å². The Balaban J connectivity index is 1.37. The van der Waals surface area contributed by atoms with Crippen molar-refractivity contribution in [1.29, 1.82) is 0 Å². The Kier molecular flexibility index (Phi) is 8.01. The van der Waals surface area contributed by atoms with E-state index in [1.807, 2.05) is 61.5 Å². The Bertz CT molecular complexity index is 1540. The molecule has 0 radical (unpaired) electrons. The quantitative estimate of drug-likeness (QED) is 0.230. The molecule has 1 amide bonds. The molecule has 0 spiro atoms. The van der Waals surface area contributed by atoms with Crippen LogP contribution in [0.25, 0.3) is 16.8 Å². The van der Waals surface area contributed by atoms with Gasteiger partial charge < -0.3 is 14.8 Å². The number of hydrogen-bond donors (Lipinski definition) is 1. The number of aliphatic imine (C=N–C) groups is 1. The van der Waals surface area contributed by atoms with Crippen molar-refractivity contribution in [3.63, 3.8) is 0 Å². The van der Waals surface area contributed by atoms with Crippen molar-refractivity contribution < 1.29 is 14.3 Å². The van der Waals surface area contributed by atoms with Gasteiger partial charge in [0.1, 0.15) is 6.61 Å². The Morgan fingerprint density at radius 3 is 2.55 bits per heavy atom. The van der Waals surface area contributed by atoms with E-state index in [0.717, 1.165) is 34.0 Å². The van der Waals surface area contributed by atoms with Crippen LogP contribution in [-0.4, -0.2) is 17.7 Å². The number of ether oxygens (including phenoxy) is 2. The van der Waals surface area contributed by atoms with Crippen LogP contribution in [0.2, 0.25) is 5.02 Å². The number of nitrogens with one attached hydrogen (secondary N) is 1. The van der Waals surface area contributed by atoms with Gasteiger partial charge in [0.2, 0.25) is 0 Å². The highest BCUT2D eigenvalue weighted by Crippen LogP contribution is 2.39. The second-order valence-electron chi connectivity index (χ2n) is 8.69. The number of aryl methyl sites for hydroxylation is 1. The lowest BCUT2D eigenvalue weighted by atomic mass is 10.1. The lowest BCUT2D eigenvalue weighted by Gasteiger charge is -2.15. The number of hydrogen-bond acceptors (Lipinski definition) is 5. The maximum atomic E-state index is 12.6. The average molecular weight is 543 g/mol. The van der Waals surface area contributed by atoms with Crippen LogP contribution < -0.4 is 14.8 Å². The smallest absolute Gasteiger partial charge is 0.264 e. The van der Waals surface area contributed by atoms with Gasteiger partial charge in [0.05, 0.1) is 22.2 Å². The predicted molar refractivity (Wildman–Crippen MR) is 158 cm³/mol. The van der Waals surface area contributed by atoms with E-state index in [9.17, 15) is 4.79 Å². The Hall–Kier alpha value is -3.74. The van der Waals surface area contributed by atoms with Gasteiger partial charge in [-0.05, 0) is 82.9 Å². The zero-order valence-corrected chi connectivity index (χ0v) is 22.7. The van der Waals surface area contributed by atoms with Crippen LogP contribution in [0, 0.1) is 0 Å². The molecule has 1 fully saturated rings. The molecule has 7 heteroatoms. The summed E-state index contributed by atoms with van der Waals surface area (Å²) in [7, 11) is 0. The fraction of sp³-hybridized carbons (Fsp3) is 0.161. The molecule has 0 atom stereocenters. The summed E-state index contributed by atoms with van der Waals surface area (Å²) in [4.78, 5) is 17.7. The fourth-order valence-corrected chi connectivity index (χ4v) is 5.31. The van der Waals surface area contributed by atoms with Crippen LogP contribution in [0.1, 0.15) is 30.5 Å². The molecule has 0 aromatic heterocycles. The molecule has 1 aliphatic rings. The number of carbonyl (C=O) groups excluding carboxylic acids is 1. The third kappa shape index (κ3) is 5.87. The summed E-state index contributed by atoms with van der Waals surface area (Å²) in [6.45, 7) is 4.81. The van der Waals surface area contributed by atoms with Gasteiger partial charge >= 0.3 is 0 Å². The first-order chi connectivity index (χ1) is 18.5. The fourth-order valence-electron chi connectivity index (χ4n) is 4.20. The van der Waals surface area contributed by atoms with E-state index in [2.05, 4.69) is 35.4 Å². The molecule has 1 aliphatic heterocycles. The number of carbonyl (C=O) groups is 1. The number of amidine groups is 1. The molecule has 0 unspecified atom stereocenters. The Labute approximate surface area is 231 Å². The Morgan fingerprint density at radius 1 is 0.974 bits per heavy atom. The van der Waals surface area contributed by atoms with Gasteiger partial charge in [-0.25, -0.2) is 4.99 Å². The summed E-state index contributed by atoms with van der Waals surface area (Å²) in [6, 6.07) is 25.9. The SMILES string of the molecule is CCOc1cc(/C=C2\SC(=Nc3ccc(CC)cc3)NC2=O)cc(Cl)c1OCc1cccc2ccccc12. The van der Waals surface area contributed by atoms with Crippen LogP contribution in [0.15, 0.2) is 88.8 Å². The minimum absolute atomic E-state index is 0.204. The number of halogens is 1. The van der Waals surface area contributed by atoms with E-state index in [1.165, 1.54) is 17.3 Å². The highest BCUT2D eigenvalue weighted by Gasteiger charge is 2.24. The van der Waals surface area contributed by atoms with Crippen LogP contribution in [0.3, 0.4) is 0 Å². The molecule has 4 aromatic rings. The van der Waals surface area contributed by atoms with Crippen molar-refractivity contribution in [3.05, 3.63) is 105 Å².